The highest BCUT2D eigenvalue weighted by atomic mass is 127. The van der Waals surface area contributed by atoms with Crippen LogP contribution in [0, 0.1) is 9.39 Å². The third kappa shape index (κ3) is 4.90. The van der Waals surface area contributed by atoms with Crippen LogP contribution in [0.1, 0.15) is 22.3 Å². The molecule has 0 N–H and O–H groups in total. The Bertz CT molecular complexity index is 1200. The van der Waals surface area contributed by atoms with E-state index in [9.17, 15) is 18.8 Å². The summed E-state index contributed by atoms with van der Waals surface area (Å²) >= 11 is 2.14. The maximum Gasteiger partial charge on any atom is 0.257 e. The third-order valence-electron chi connectivity index (χ3n) is 5.43. The standard InChI is InChI=1S/C25H20FIN2O4/c1-33-21-4-2-3-17(13-21)24(31)28(15-16-5-7-18(26)8-6-16)22-14-23(30)29(25(22)32)20-11-9-19(27)10-12-20/h2-13,22H,14-15H2,1H3. The van der Waals surface area contributed by atoms with Gasteiger partial charge in [-0.1, -0.05) is 18.2 Å². The van der Waals surface area contributed by atoms with Crippen LogP contribution in [0.2, 0.25) is 0 Å². The van der Waals surface area contributed by atoms with E-state index in [4.69, 9.17) is 4.74 Å². The van der Waals surface area contributed by atoms with Gasteiger partial charge in [-0.05, 0) is 82.8 Å². The molecule has 3 amide bonds. The molecular formula is C25H20FIN2O4. The van der Waals surface area contributed by atoms with Crippen molar-refractivity contribution < 1.29 is 23.5 Å². The van der Waals surface area contributed by atoms with Crippen molar-refractivity contribution in [2.24, 2.45) is 0 Å². The highest BCUT2D eigenvalue weighted by Crippen LogP contribution is 2.29. The summed E-state index contributed by atoms with van der Waals surface area (Å²) in [5.74, 6) is -1.18. The fourth-order valence-corrected chi connectivity index (χ4v) is 4.11. The van der Waals surface area contributed by atoms with Crippen LogP contribution in [0.4, 0.5) is 10.1 Å². The molecular weight excluding hydrogens is 538 g/mol. The summed E-state index contributed by atoms with van der Waals surface area (Å²) in [6.45, 7) is 0.0422. The molecule has 0 radical (unpaired) electrons. The molecule has 1 aliphatic heterocycles. The number of rotatable bonds is 6. The number of anilines is 1. The fraction of sp³-hybridized carbons (Fsp3) is 0.160. The van der Waals surface area contributed by atoms with Gasteiger partial charge in [-0.15, -0.1) is 0 Å². The number of halogens is 2. The van der Waals surface area contributed by atoms with E-state index >= 15 is 0 Å². The Kier molecular flexibility index (Phi) is 6.73. The van der Waals surface area contributed by atoms with E-state index in [1.165, 1.54) is 24.1 Å². The molecule has 1 atom stereocenters. The van der Waals surface area contributed by atoms with Crippen LogP contribution in [0.5, 0.6) is 5.75 Å². The van der Waals surface area contributed by atoms with Crippen molar-refractivity contribution in [2.75, 3.05) is 12.0 Å². The summed E-state index contributed by atoms with van der Waals surface area (Å²) in [6, 6.07) is 18.3. The Morgan fingerprint density at radius 3 is 2.45 bits per heavy atom. The first-order valence-corrected chi connectivity index (χ1v) is 11.3. The Morgan fingerprint density at radius 1 is 1.09 bits per heavy atom. The van der Waals surface area contributed by atoms with Crippen molar-refractivity contribution in [3.63, 3.8) is 0 Å². The normalized spacial score (nSPS) is 15.6. The largest absolute Gasteiger partial charge is 0.497 e. The molecule has 0 aliphatic carbocycles. The highest BCUT2D eigenvalue weighted by molar-refractivity contribution is 14.1. The Balaban J connectivity index is 1.69. The maximum atomic E-state index is 13.5. The average Bonchev–Trinajstić information content (AvgIpc) is 3.12. The number of carbonyl (C=O) groups excluding carboxylic acids is 3. The van der Waals surface area contributed by atoms with Gasteiger partial charge in [-0.25, -0.2) is 9.29 Å². The summed E-state index contributed by atoms with van der Waals surface area (Å²) in [7, 11) is 1.50. The van der Waals surface area contributed by atoms with Gasteiger partial charge in [-0.2, -0.15) is 0 Å². The predicted octanol–water partition coefficient (Wildman–Crippen LogP) is 4.41. The van der Waals surface area contributed by atoms with Crippen LogP contribution in [0.15, 0.2) is 72.8 Å². The maximum absolute atomic E-state index is 13.5. The Hall–Kier alpha value is -3.27. The minimum absolute atomic E-state index is 0.0422. The van der Waals surface area contributed by atoms with E-state index in [1.54, 1.807) is 48.5 Å². The first-order valence-electron chi connectivity index (χ1n) is 10.2. The number of amides is 3. The molecule has 0 aromatic heterocycles. The molecule has 3 aromatic rings. The second-order valence-corrected chi connectivity index (χ2v) is 8.80. The first-order chi connectivity index (χ1) is 15.9. The van der Waals surface area contributed by atoms with E-state index in [0.29, 0.717) is 22.6 Å². The molecule has 1 saturated heterocycles. The zero-order chi connectivity index (χ0) is 23.5. The van der Waals surface area contributed by atoms with Gasteiger partial charge in [0.2, 0.25) is 5.91 Å². The lowest BCUT2D eigenvalue weighted by Crippen LogP contribution is -2.45. The lowest BCUT2D eigenvalue weighted by molar-refractivity contribution is -0.122. The second-order valence-electron chi connectivity index (χ2n) is 7.56. The lowest BCUT2D eigenvalue weighted by atomic mass is 10.1. The van der Waals surface area contributed by atoms with Crippen LogP contribution in [-0.2, 0) is 16.1 Å². The predicted molar refractivity (Wildman–Crippen MR) is 129 cm³/mol. The number of methoxy groups -OCH3 is 1. The zero-order valence-electron chi connectivity index (χ0n) is 17.7. The van der Waals surface area contributed by atoms with E-state index in [0.717, 1.165) is 8.47 Å². The number of imide groups is 1. The molecule has 3 aromatic carbocycles. The number of ether oxygens (including phenoxy) is 1. The van der Waals surface area contributed by atoms with Crippen molar-refractivity contribution in [2.45, 2.75) is 19.0 Å². The number of benzene rings is 3. The second kappa shape index (κ2) is 9.70. The Labute approximate surface area is 204 Å². The SMILES string of the molecule is COc1cccc(C(=O)N(Cc2ccc(F)cc2)C2CC(=O)N(c3ccc(I)cc3)C2=O)c1. The Morgan fingerprint density at radius 2 is 1.79 bits per heavy atom. The molecule has 1 fully saturated rings. The average molecular weight is 558 g/mol. The van der Waals surface area contributed by atoms with Gasteiger partial charge >= 0.3 is 0 Å². The first kappa shape index (κ1) is 22.9. The van der Waals surface area contributed by atoms with Gasteiger partial charge in [0.05, 0.1) is 19.2 Å². The molecule has 0 saturated carbocycles. The molecule has 1 unspecified atom stereocenters. The van der Waals surface area contributed by atoms with E-state index in [-0.39, 0.29) is 18.9 Å². The summed E-state index contributed by atoms with van der Waals surface area (Å²) in [5.41, 5.74) is 1.42. The minimum Gasteiger partial charge on any atom is -0.497 e. The molecule has 4 rings (SSSR count). The topological polar surface area (TPSA) is 66.9 Å². The van der Waals surface area contributed by atoms with E-state index in [1.807, 2.05) is 12.1 Å². The van der Waals surface area contributed by atoms with Crippen LogP contribution >= 0.6 is 22.6 Å². The van der Waals surface area contributed by atoms with Crippen molar-refractivity contribution in [1.29, 1.82) is 0 Å². The summed E-state index contributed by atoms with van der Waals surface area (Å²) in [5, 5.41) is 0. The van der Waals surface area contributed by atoms with Crippen LogP contribution in [0.25, 0.3) is 0 Å². The molecule has 168 valence electrons. The van der Waals surface area contributed by atoms with Gasteiger partial charge in [0.15, 0.2) is 0 Å². The molecule has 0 bridgehead atoms. The molecule has 6 nitrogen and oxygen atoms in total. The minimum atomic E-state index is -0.986. The summed E-state index contributed by atoms with van der Waals surface area (Å²) < 4.78 is 19.6. The quantitative estimate of drug-likeness (QED) is 0.332. The van der Waals surface area contributed by atoms with Crippen molar-refractivity contribution in [1.82, 2.24) is 4.90 Å². The van der Waals surface area contributed by atoms with Crippen molar-refractivity contribution in [3.8, 4) is 5.75 Å². The number of hydrogen-bond acceptors (Lipinski definition) is 4. The molecule has 0 spiro atoms. The third-order valence-corrected chi connectivity index (χ3v) is 6.15. The van der Waals surface area contributed by atoms with Crippen molar-refractivity contribution in [3.05, 3.63) is 93.3 Å². The number of nitrogens with zero attached hydrogens (tertiary/aromatic N) is 2. The molecule has 8 heteroatoms. The number of hydrogen-bond donors (Lipinski definition) is 0. The molecule has 1 aliphatic rings. The van der Waals surface area contributed by atoms with Gasteiger partial charge < -0.3 is 9.64 Å². The van der Waals surface area contributed by atoms with Gasteiger partial charge in [0, 0.05) is 15.7 Å². The van der Waals surface area contributed by atoms with Crippen molar-refractivity contribution >= 4 is 46.0 Å². The summed E-state index contributed by atoms with van der Waals surface area (Å²) in [6.07, 6.45) is -0.137. The van der Waals surface area contributed by atoms with Crippen LogP contribution in [0.3, 0.4) is 0 Å². The highest BCUT2D eigenvalue weighted by Gasteiger charge is 2.44. The van der Waals surface area contributed by atoms with Crippen LogP contribution in [-0.4, -0.2) is 35.8 Å². The van der Waals surface area contributed by atoms with E-state index in [2.05, 4.69) is 22.6 Å². The lowest BCUT2D eigenvalue weighted by Gasteiger charge is -2.28. The number of carbonyl (C=O) groups is 3. The fourth-order valence-electron chi connectivity index (χ4n) is 3.75. The van der Waals surface area contributed by atoms with Gasteiger partial charge in [0.25, 0.3) is 11.8 Å². The van der Waals surface area contributed by atoms with Gasteiger partial charge in [-0.3, -0.25) is 14.4 Å². The monoisotopic (exact) mass is 558 g/mol. The summed E-state index contributed by atoms with van der Waals surface area (Å²) in [4.78, 5) is 42.2. The molecule has 33 heavy (non-hydrogen) atoms. The zero-order valence-corrected chi connectivity index (χ0v) is 19.9. The van der Waals surface area contributed by atoms with Crippen LogP contribution < -0.4 is 9.64 Å². The smallest absolute Gasteiger partial charge is 0.257 e. The van der Waals surface area contributed by atoms with E-state index < -0.39 is 23.7 Å². The molecule has 1 heterocycles. The van der Waals surface area contributed by atoms with Gasteiger partial charge in [0.1, 0.15) is 17.6 Å².